The van der Waals surface area contributed by atoms with Gasteiger partial charge in [-0.15, -0.1) is 0 Å². The summed E-state index contributed by atoms with van der Waals surface area (Å²) in [4.78, 5) is 37.7. The minimum atomic E-state index is -0.968. The van der Waals surface area contributed by atoms with Gasteiger partial charge >= 0.3 is 17.3 Å². The first kappa shape index (κ1) is 21.8. The van der Waals surface area contributed by atoms with Gasteiger partial charge in [0.25, 0.3) is 0 Å². The third-order valence-corrected chi connectivity index (χ3v) is 3.60. The molecule has 0 fully saturated rings. The molecule has 158 valence electrons. The summed E-state index contributed by atoms with van der Waals surface area (Å²) in [6.07, 6.45) is 0. The van der Waals surface area contributed by atoms with Crippen molar-refractivity contribution < 1.29 is 29.2 Å². The van der Waals surface area contributed by atoms with E-state index in [9.17, 15) is 30.2 Å². The Morgan fingerprint density at radius 1 is 1.00 bits per heavy atom. The summed E-state index contributed by atoms with van der Waals surface area (Å²) in [5, 5.41) is 40.9. The largest absolute Gasteiger partial charge is 0.569 e. The summed E-state index contributed by atoms with van der Waals surface area (Å²) in [6, 6.07) is 7.29. The van der Waals surface area contributed by atoms with Crippen LogP contribution >= 0.6 is 0 Å². The van der Waals surface area contributed by atoms with Crippen molar-refractivity contribution in [3.8, 4) is 11.5 Å². The third kappa shape index (κ3) is 5.06. The Hall–Kier alpha value is -4.49. The van der Waals surface area contributed by atoms with E-state index in [0.29, 0.717) is 11.8 Å². The van der Waals surface area contributed by atoms with Crippen LogP contribution in [-0.2, 0) is 0 Å². The van der Waals surface area contributed by atoms with Gasteiger partial charge in [0.05, 0.1) is 34.5 Å². The number of ether oxygens (including phenoxy) is 1. The number of hydrazine groups is 1. The Bertz CT molecular complexity index is 1010. The number of rotatable bonds is 8. The van der Waals surface area contributed by atoms with Crippen molar-refractivity contribution in [3.63, 3.8) is 0 Å². The molecule has 2 aromatic carbocycles. The van der Waals surface area contributed by atoms with Crippen LogP contribution in [0.1, 0.15) is 10.4 Å². The second kappa shape index (κ2) is 9.13. The van der Waals surface area contributed by atoms with Crippen LogP contribution in [0.3, 0.4) is 0 Å². The highest BCUT2D eigenvalue weighted by Gasteiger charge is 2.29. The van der Waals surface area contributed by atoms with Gasteiger partial charge in [0, 0.05) is 18.8 Å². The molecule has 2 aromatic rings. The Morgan fingerprint density at radius 3 is 2.07 bits per heavy atom. The van der Waals surface area contributed by atoms with E-state index in [-0.39, 0.29) is 10.5 Å². The number of nitro groups is 2. The van der Waals surface area contributed by atoms with Crippen molar-refractivity contribution in [2.24, 2.45) is 5.28 Å². The average Bonchev–Trinajstić information content (AvgIpc) is 2.71. The normalized spacial score (nSPS) is 10.8. The number of esters is 1. The average molecular weight is 420 g/mol. The molecule has 0 aromatic heterocycles. The van der Waals surface area contributed by atoms with Gasteiger partial charge in [-0.3, -0.25) is 25.1 Å². The first-order valence-corrected chi connectivity index (χ1v) is 8.13. The maximum atomic E-state index is 12.3. The highest BCUT2D eigenvalue weighted by molar-refractivity contribution is 5.92. The van der Waals surface area contributed by atoms with E-state index in [1.165, 1.54) is 26.2 Å². The van der Waals surface area contributed by atoms with Crippen molar-refractivity contribution >= 4 is 23.0 Å². The summed E-state index contributed by atoms with van der Waals surface area (Å²) < 4.78 is 5.05. The number of nitro benzene ring substituents is 2. The minimum absolute atomic E-state index is 0.0276. The predicted molar refractivity (Wildman–Crippen MR) is 101 cm³/mol. The summed E-state index contributed by atoms with van der Waals surface area (Å²) in [7, 11) is 4.34. The van der Waals surface area contributed by atoms with Gasteiger partial charge in [0.15, 0.2) is 0 Å². The molecule has 0 saturated carbocycles. The van der Waals surface area contributed by atoms with Crippen LogP contribution < -0.4 is 14.9 Å². The van der Waals surface area contributed by atoms with Crippen molar-refractivity contribution in [1.29, 1.82) is 0 Å². The Balaban J connectivity index is 2.46. The minimum Gasteiger partial charge on any atom is -0.569 e. The van der Waals surface area contributed by atoms with Gasteiger partial charge in [0.2, 0.25) is 16.8 Å². The van der Waals surface area contributed by atoms with Gasteiger partial charge in [-0.25, -0.2) is 4.79 Å². The highest BCUT2D eigenvalue weighted by Crippen LogP contribution is 2.39. The zero-order valence-electron chi connectivity index (χ0n) is 16.0. The van der Waals surface area contributed by atoms with Crippen LogP contribution in [0.2, 0.25) is 0 Å². The summed E-state index contributed by atoms with van der Waals surface area (Å²) in [5.41, 5.74) is -0.906. The second-order valence-electron chi connectivity index (χ2n) is 5.79. The molecule has 2 rings (SSSR count). The summed E-state index contributed by atoms with van der Waals surface area (Å²) >= 11 is 0. The molecule has 0 spiro atoms. The maximum Gasteiger partial charge on any atom is 0.343 e. The third-order valence-electron chi connectivity index (χ3n) is 3.60. The fraction of sp³-hybridized carbons (Fsp3) is 0.188. The SMILES string of the molecule is CNc1ccc(C(=O)Oc2cc(ON=[N+]([O-])N(C)C)c([N+](=O)[O-])cc2[N+](=O)[O-])cc1. The molecule has 30 heavy (non-hydrogen) atoms. The number of benzene rings is 2. The van der Waals surface area contributed by atoms with Crippen LogP contribution in [-0.4, -0.2) is 46.9 Å². The molecular formula is C16H16N6O8. The molecule has 0 unspecified atom stereocenters. The van der Waals surface area contributed by atoms with Crippen molar-refractivity contribution in [2.75, 3.05) is 26.5 Å². The van der Waals surface area contributed by atoms with Gasteiger partial charge in [-0.1, -0.05) is 0 Å². The number of hydrogen-bond donors (Lipinski definition) is 1. The maximum absolute atomic E-state index is 12.3. The lowest BCUT2D eigenvalue weighted by Crippen LogP contribution is -2.21. The van der Waals surface area contributed by atoms with Crippen LogP contribution in [0.5, 0.6) is 11.5 Å². The van der Waals surface area contributed by atoms with E-state index in [2.05, 4.69) is 10.6 Å². The number of anilines is 1. The topological polar surface area (TPSA) is 176 Å². The molecule has 0 aliphatic carbocycles. The molecule has 0 bridgehead atoms. The van der Waals surface area contributed by atoms with Gasteiger partial charge in [0.1, 0.15) is 6.07 Å². The van der Waals surface area contributed by atoms with E-state index < -0.39 is 38.7 Å². The van der Waals surface area contributed by atoms with Crippen LogP contribution in [0, 0.1) is 25.4 Å². The summed E-state index contributed by atoms with van der Waals surface area (Å²) in [6.45, 7) is 0. The van der Waals surface area contributed by atoms with Crippen LogP contribution in [0.4, 0.5) is 17.1 Å². The predicted octanol–water partition coefficient (Wildman–Crippen LogP) is 2.50. The first-order valence-electron chi connectivity index (χ1n) is 8.13. The number of nitrogens with zero attached hydrogens (tertiary/aromatic N) is 5. The quantitative estimate of drug-likeness (QED) is 0.167. The second-order valence-corrected chi connectivity index (χ2v) is 5.79. The lowest BCUT2D eigenvalue weighted by Gasteiger charge is -2.08. The smallest absolute Gasteiger partial charge is 0.343 e. The first-order chi connectivity index (χ1) is 14.1. The van der Waals surface area contributed by atoms with Crippen LogP contribution in [0.15, 0.2) is 41.7 Å². The summed E-state index contributed by atoms with van der Waals surface area (Å²) in [5.74, 6) is -2.21. The molecule has 0 saturated heterocycles. The molecule has 0 aliphatic heterocycles. The van der Waals surface area contributed by atoms with E-state index in [0.717, 1.165) is 11.1 Å². The van der Waals surface area contributed by atoms with Crippen molar-refractivity contribution in [2.45, 2.75) is 0 Å². The van der Waals surface area contributed by atoms with E-state index in [1.807, 2.05) is 0 Å². The molecule has 14 heteroatoms. The zero-order valence-corrected chi connectivity index (χ0v) is 16.0. The monoisotopic (exact) mass is 420 g/mol. The zero-order chi connectivity index (χ0) is 22.4. The molecule has 0 atom stereocenters. The molecular weight excluding hydrogens is 404 g/mol. The number of carbonyl (C=O) groups excluding carboxylic acids is 1. The van der Waals surface area contributed by atoms with E-state index in [4.69, 9.17) is 9.57 Å². The van der Waals surface area contributed by atoms with Crippen molar-refractivity contribution in [3.05, 3.63) is 67.4 Å². The molecule has 0 heterocycles. The molecule has 0 radical (unpaired) electrons. The highest BCUT2D eigenvalue weighted by atomic mass is 16.7. The number of carbonyl (C=O) groups is 1. The van der Waals surface area contributed by atoms with E-state index in [1.54, 1.807) is 19.2 Å². The lowest BCUT2D eigenvalue weighted by atomic mass is 10.2. The van der Waals surface area contributed by atoms with Gasteiger partial charge < -0.3 is 15.3 Å². The van der Waals surface area contributed by atoms with Crippen molar-refractivity contribution in [1.82, 2.24) is 5.01 Å². The standard InChI is InChI=1S/C16H16N6O8/c1-17-11-6-4-10(5-7-11)16(23)29-14-9-15(30-18-22(28)19(2)3)13(21(26)27)8-12(14)20(24)25/h4-9,17H,1-3H3. The Kier molecular flexibility index (Phi) is 6.64. The lowest BCUT2D eigenvalue weighted by molar-refractivity contribution is -0.695. The number of nitrogens with one attached hydrogen (secondary N) is 1. The van der Waals surface area contributed by atoms with Gasteiger partial charge in [-0.2, -0.15) is 5.01 Å². The van der Waals surface area contributed by atoms with E-state index >= 15 is 0 Å². The fourth-order valence-corrected chi connectivity index (χ4v) is 2.06. The number of hydrogen-bond acceptors (Lipinski definition) is 10. The molecule has 0 amide bonds. The molecule has 14 nitrogen and oxygen atoms in total. The molecule has 1 N–H and O–H groups in total. The molecule has 0 aliphatic rings. The van der Waals surface area contributed by atoms with Gasteiger partial charge in [-0.05, 0) is 24.3 Å². The Morgan fingerprint density at radius 2 is 1.57 bits per heavy atom. The van der Waals surface area contributed by atoms with Crippen LogP contribution in [0.25, 0.3) is 0 Å². The fourth-order valence-electron chi connectivity index (χ4n) is 2.06. The Labute approximate surface area is 168 Å².